The second-order valence-corrected chi connectivity index (χ2v) is 4.06. The van der Waals surface area contributed by atoms with E-state index < -0.39 is 47.8 Å². The van der Waals surface area contributed by atoms with E-state index >= 15 is 0 Å². The topological polar surface area (TPSA) is 78.3 Å². The van der Waals surface area contributed by atoms with Gasteiger partial charge < -0.3 is 16.2 Å². The number of rotatable bonds is 4. The Hall–Kier alpha value is -1.97. The van der Waals surface area contributed by atoms with Crippen LogP contribution in [0, 0.1) is 0 Å². The molecule has 4 nitrogen and oxygen atoms in total. The van der Waals surface area contributed by atoms with E-state index in [0.717, 1.165) is 0 Å². The summed E-state index contributed by atoms with van der Waals surface area (Å²) in [6, 6.07) is -0.638. The van der Waals surface area contributed by atoms with Crippen LogP contribution in [0.15, 0.2) is 18.2 Å². The summed E-state index contributed by atoms with van der Waals surface area (Å²) in [6.45, 7) is -0.645. The fourth-order valence-electron chi connectivity index (χ4n) is 1.28. The largest absolute Gasteiger partial charge is 0.491 e. The molecule has 0 radical (unpaired) electrons. The van der Waals surface area contributed by atoms with Crippen molar-refractivity contribution in [3.05, 3.63) is 29.3 Å². The van der Waals surface area contributed by atoms with Crippen molar-refractivity contribution in [1.82, 2.24) is 0 Å². The highest BCUT2D eigenvalue weighted by atomic mass is 19.4. The summed E-state index contributed by atoms with van der Waals surface area (Å²) >= 11 is 0. The van der Waals surface area contributed by atoms with Crippen LogP contribution < -0.4 is 16.2 Å². The predicted molar refractivity (Wildman–Crippen MR) is 59.1 cm³/mol. The summed E-state index contributed by atoms with van der Waals surface area (Å²) in [7, 11) is 0. The lowest BCUT2D eigenvalue weighted by molar-refractivity contribution is -0.143. The summed E-state index contributed by atoms with van der Waals surface area (Å²) in [6.07, 6.45) is -9.96. The van der Waals surface area contributed by atoms with E-state index in [0.29, 0.717) is 12.1 Å². The van der Waals surface area contributed by atoms with Crippen molar-refractivity contribution in [3.63, 3.8) is 0 Å². The molecule has 1 amide bonds. The zero-order valence-corrected chi connectivity index (χ0v) is 10.3. The molecule has 4 N–H and O–H groups in total. The number of halogens is 6. The number of carbonyl (C=O) groups excluding carboxylic acids is 1. The molecule has 1 atom stereocenters. The minimum atomic E-state index is -4.98. The second kappa shape index (κ2) is 5.80. The minimum absolute atomic E-state index is 0.0408. The van der Waals surface area contributed by atoms with Gasteiger partial charge >= 0.3 is 12.4 Å². The second-order valence-electron chi connectivity index (χ2n) is 4.06. The summed E-state index contributed by atoms with van der Waals surface area (Å²) in [5.41, 5.74) is 6.91. The molecule has 0 saturated heterocycles. The average Bonchev–Trinajstić information content (AvgIpc) is 2.33. The molecule has 0 heterocycles. The smallest absolute Gasteiger partial charge is 0.416 e. The Morgan fingerprint density at radius 1 is 1.05 bits per heavy atom. The SMILES string of the molecule is NC(=O)C(N)COc1cc(C(F)(F)F)cc(C(F)(F)F)c1. The molecule has 0 bridgehead atoms. The van der Waals surface area contributed by atoms with Crippen LogP contribution in [0.4, 0.5) is 26.3 Å². The van der Waals surface area contributed by atoms with Crippen molar-refractivity contribution < 1.29 is 35.9 Å². The van der Waals surface area contributed by atoms with Crippen LogP contribution in [-0.4, -0.2) is 18.6 Å². The first kappa shape index (κ1) is 17.1. The Balaban J connectivity index is 3.11. The molecule has 10 heteroatoms. The molecular weight excluding hydrogens is 306 g/mol. The third kappa shape index (κ3) is 4.81. The Labute approximate surface area is 114 Å². The summed E-state index contributed by atoms with van der Waals surface area (Å²) in [5, 5.41) is 0. The van der Waals surface area contributed by atoms with Crippen LogP contribution in [0.25, 0.3) is 0 Å². The van der Waals surface area contributed by atoms with Gasteiger partial charge in [0.15, 0.2) is 0 Å². The maximum Gasteiger partial charge on any atom is 0.416 e. The molecular formula is C11H10F6N2O2. The van der Waals surface area contributed by atoms with Crippen molar-refractivity contribution >= 4 is 5.91 Å². The number of primary amides is 1. The van der Waals surface area contributed by atoms with Crippen LogP contribution in [0.2, 0.25) is 0 Å². The van der Waals surface area contributed by atoms with Gasteiger partial charge in [0, 0.05) is 0 Å². The van der Waals surface area contributed by atoms with E-state index in [1.807, 2.05) is 0 Å². The number of nitrogens with two attached hydrogens (primary N) is 2. The van der Waals surface area contributed by atoms with E-state index in [4.69, 9.17) is 11.5 Å². The molecule has 1 aromatic carbocycles. The number of benzene rings is 1. The minimum Gasteiger partial charge on any atom is -0.491 e. The molecule has 0 aliphatic rings. The lowest BCUT2D eigenvalue weighted by atomic mass is 10.1. The number of ether oxygens (including phenoxy) is 1. The number of carbonyl (C=O) groups is 1. The normalized spacial score (nSPS) is 13.9. The zero-order chi connectivity index (χ0) is 16.4. The summed E-state index contributed by atoms with van der Waals surface area (Å²) in [5.74, 6) is -1.72. The summed E-state index contributed by atoms with van der Waals surface area (Å²) in [4.78, 5) is 10.6. The molecule has 0 aliphatic heterocycles. The van der Waals surface area contributed by atoms with Gasteiger partial charge in [0.05, 0.1) is 11.1 Å². The molecule has 0 fully saturated rings. The van der Waals surface area contributed by atoms with E-state index in [9.17, 15) is 31.1 Å². The molecule has 0 spiro atoms. The highest BCUT2D eigenvalue weighted by molar-refractivity contribution is 5.79. The lowest BCUT2D eigenvalue weighted by Gasteiger charge is -2.15. The molecule has 1 aromatic rings. The Kier molecular flexibility index (Phi) is 4.72. The highest BCUT2D eigenvalue weighted by Crippen LogP contribution is 2.38. The lowest BCUT2D eigenvalue weighted by Crippen LogP contribution is -2.41. The van der Waals surface area contributed by atoms with Gasteiger partial charge in [0.25, 0.3) is 0 Å². The van der Waals surface area contributed by atoms with Crippen LogP contribution >= 0.6 is 0 Å². The van der Waals surface area contributed by atoms with Crippen molar-refractivity contribution in [2.24, 2.45) is 11.5 Å². The van der Waals surface area contributed by atoms with Crippen molar-refractivity contribution in [1.29, 1.82) is 0 Å². The molecule has 0 aliphatic carbocycles. The van der Waals surface area contributed by atoms with Crippen LogP contribution in [0.1, 0.15) is 11.1 Å². The number of amides is 1. The summed E-state index contributed by atoms with van der Waals surface area (Å²) < 4.78 is 79.9. The number of hydrogen-bond donors (Lipinski definition) is 2. The van der Waals surface area contributed by atoms with Gasteiger partial charge in [-0.05, 0) is 18.2 Å². The van der Waals surface area contributed by atoms with Gasteiger partial charge in [-0.25, -0.2) is 0 Å². The molecule has 118 valence electrons. The standard InChI is InChI=1S/C11H10F6N2O2/c12-10(13,14)5-1-6(11(15,16)17)3-7(2-5)21-4-8(18)9(19)20/h1-3,8H,4,18H2,(H2,19,20). The Bertz CT molecular complexity index is 494. The molecule has 0 aromatic heterocycles. The zero-order valence-electron chi connectivity index (χ0n) is 10.3. The van der Waals surface area contributed by atoms with Gasteiger partial charge in [-0.1, -0.05) is 0 Å². The molecule has 1 unspecified atom stereocenters. The Morgan fingerprint density at radius 2 is 1.48 bits per heavy atom. The highest BCUT2D eigenvalue weighted by Gasteiger charge is 2.37. The van der Waals surface area contributed by atoms with E-state index in [-0.39, 0.29) is 6.07 Å². The van der Waals surface area contributed by atoms with E-state index in [1.165, 1.54) is 0 Å². The van der Waals surface area contributed by atoms with Gasteiger partial charge in [-0.15, -0.1) is 0 Å². The van der Waals surface area contributed by atoms with E-state index in [1.54, 1.807) is 0 Å². The fraction of sp³-hybridized carbons (Fsp3) is 0.364. The number of hydrogen-bond acceptors (Lipinski definition) is 3. The average molecular weight is 316 g/mol. The maximum atomic E-state index is 12.5. The van der Waals surface area contributed by atoms with Crippen molar-refractivity contribution in [2.45, 2.75) is 18.4 Å². The Morgan fingerprint density at radius 3 is 1.81 bits per heavy atom. The third-order valence-corrected chi connectivity index (χ3v) is 2.36. The first-order valence-corrected chi connectivity index (χ1v) is 5.38. The monoisotopic (exact) mass is 316 g/mol. The predicted octanol–water partition coefficient (Wildman–Crippen LogP) is 1.92. The molecule has 21 heavy (non-hydrogen) atoms. The van der Waals surface area contributed by atoms with E-state index in [2.05, 4.69) is 4.74 Å². The van der Waals surface area contributed by atoms with Crippen molar-refractivity contribution in [3.8, 4) is 5.75 Å². The number of alkyl halides is 6. The quantitative estimate of drug-likeness (QED) is 0.833. The van der Waals surface area contributed by atoms with Crippen LogP contribution in [0.3, 0.4) is 0 Å². The third-order valence-electron chi connectivity index (χ3n) is 2.36. The molecule has 0 saturated carbocycles. The van der Waals surface area contributed by atoms with Gasteiger partial charge in [-0.2, -0.15) is 26.3 Å². The van der Waals surface area contributed by atoms with Crippen molar-refractivity contribution in [2.75, 3.05) is 6.61 Å². The molecule has 1 rings (SSSR count). The van der Waals surface area contributed by atoms with Crippen LogP contribution in [-0.2, 0) is 17.1 Å². The van der Waals surface area contributed by atoms with Gasteiger partial charge in [0.2, 0.25) is 5.91 Å². The first-order chi connectivity index (χ1) is 9.41. The van der Waals surface area contributed by atoms with Gasteiger partial charge in [0.1, 0.15) is 18.4 Å². The van der Waals surface area contributed by atoms with Crippen LogP contribution in [0.5, 0.6) is 5.75 Å². The first-order valence-electron chi connectivity index (χ1n) is 5.38. The fourth-order valence-corrected chi connectivity index (χ4v) is 1.28. The maximum absolute atomic E-state index is 12.5. The van der Waals surface area contributed by atoms with Gasteiger partial charge in [-0.3, -0.25) is 4.79 Å².